The predicted octanol–water partition coefficient (Wildman–Crippen LogP) is -0.0934. The smallest absolute Gasteiger partial charge is 0.307 e. The molecule has 0 saturated heterocycles. The van der Waals surface area contributed by atoms with Crippen LogP contribution in [0.4, 0.5) is 0 Å². The highest BCUT2D eigenvalue weighted by Gasteiger charge is 2.07. The number of carbonyl (C=O) groups excluding carboxylic acids is 1. The summed E-state index contributed by atoms with van der Waals surface area (Å²) in [6, 6.07) is 6.22. The van der Waals surface area contributed by atoms with Crippen LogP contribution in [-0.4, -0.2) is 26.9 Å². The average Bonchev–Trinajstić information content (AvgIpc) is 2.16. The van der Waals surface area contributed by atoms with Gasteiger partial charge in [-0.2, -0.15) is 0 Å². The monoisotopic (exact) mass is 241 g/mol. The summed E-state index contributed by atoms with van der Waals surface area (Å²) in [5.41, 5.74) is 5.53. The summed E-state index contributed by atoms with van der Waals surface area (Å²) < 4.78 is 11.5. The molecule has 5 nitrogen and oxygen atoms in total. The van der Waals surface area contributed by atoms with E-state index in [-0.39, 0.29) is 12.2 Å². The van der Waals surface area contributed by atoms with Crippen molar-refractivity contribution >= 4 is 22.7 Å². The summed E-state index contributed by atoms with van der Waals surface area (Å²) in [6.07, 6.45) is -0.0806. The summed E-state index contributed by atoms with van der Waals surface area (Å²) in [4.78, 5) is 21.4. The molecule has 0 aliphatic rings. The number of hydrogen-bond donors (Lipinski definition) is 2. The van der Waals surface area contributed by atoms with Crippen LogP contribution >= 0.6 is 0 Å². The molecule has 0 radical (unpaired) electrons. The fraction of sp³-hybridized carbons (Fsp3) is 0.200. The molecular weight excluding hydrogens is 230 g/mol. The van der Waals surface area contributed by atoms with E-state index in [4.69, 9.17) is 10.8 Å². The van der Waals surface area contributed by atoms with E-state index in [1.165, 1.54) is 12.1 Å². The van der Waals surface area contributed by atoms with Crippen molar-refractivity contribution in [1.82, 2.24) is 0 Å². The van der Waals surface area contributed by atoms with Gasteiger partial charge in [-0.1, -0.05) is 12.1 Å². The van der Waals surface area contributed by atoms with Crippen LogP contribution in [0.5, 0.6) is 0 Å². The van der Waals surface area contributed by atoms with Gasteiger partial charge in [0.1, 0.15) is 5.75 Å². The maximum Gasteiger partial charge on any atom is 0.307 e. The van der Waals surface area contributed by atoms with E-state index in [1.54, 1.807) is 12.1 Å². The minimum Gasteiger partial charge on any atom is -0.481 e. The Morgan fingerprint density at radius 3 is 2.25 bits per heavy atom. The molecule has 0 saturated carbocycles. The van der Waals surface area contributed by atoms with E-state index in [2.05, 4.69) is 0 Å². The van der Waals surface area contributed by atoms with Crippen molar-refractivity contribution in [3.63, 3.8) is 0 Å². The Morgan fingerprint density at radius 2 is 1.81 bits per heavy atom. The van der Waals surface area contributed by atoms with Crippen molar-refractivity contribution in [2.75, 3.05) is 5.75 Å². The van der Waals surface area contributed by atoms with Crippen molar-refractivity contribution in [1.29, 1.82) is 0 Å². The molecule has 86 valence electrons. The Bertz CT molecular complexity index is 427. The van der Waals surface area contributed by atoms with E-state index in [1.807, 2.05) is 0 Å². The number of primary amides is 1. The third-order valence-electron chi connectivity index (χ3n) is 1.81. The van der Waals surface area contributed by atoms with Crippen LogP contribution in [0.3, 0.4) is 0 Å². The van der Waals surface area contributed by atoms with Gasteiger partial charge in [0.2, 0.25) is 5.91 Å². The molecule has 1 aromatic rings. The van der Waals surface area contributed by atoms with Gasteiger partial charge in [-0.15, -0.1) is 0 Å². The van der Waals surface area contributed by atoms with Crippen LogP contribution in [0.15, 0.2) is 29.2 Å². The van der Waals surface area contributed by atoms with Gasteiger partial charge in [-0.05, 0) is 17.7 Å². The molecule has 1 atom stereocenters. The number of amides is 1. The van der Waals surface area contributed by atoms with Crippen LogP contribution in [0.1, 0.15) is 5.56 Å². The van der Waals surface area contributed by atoms with E-state index < -0.39 is 22.7 Å². The standard InChI is InChI=1S/C10H11NO4S/c11-9(12)6-16(15)8-3-1-7(2-4-8)5-10(13)14/h1-4H,5-6H2,(H2,11,12)(H,13,14). The van der Waals surface area contributed by atoms with Gasteiger partial charge in [0.15, 0.2) is 0 Å². The summed E-state index contributed by atoms with van der Waals surface area (Å²) in [5, 5.41) is 8.54. The molecule has 0 bridgehead atoms. The number of benzene rings is 1. The van der Waals surface area contributed by atoms with Crippen molar-refractivity contribution in [2.45, 2.75) is 11.3 Å². The van der Waals surface area contributed by atoms with Gasteiger partial charge >= 0.3 is 5.97 Å². The number of rotatable bonds is 5. The van der Waals surface area contributed by atoms with Crippen molar-refractivity contribution < 1.29 is 18.9 Å². The van der Waals surface area contributed by atoms with E-state index in [0.717, 1.165) is 0 Å². The normalized spacial score (nSPS) is 12.0. The lowest BCUT2D eigenvalue weighted by molar-refractivity contribution is -0.136. The highest BCUT2D eigenvalue weighted by atomic mass is 32.2. The van der Waals surface area contributed by atoms with Crippen molar-refractivity contribution in [3.8, 4) is 0 Å². The molecule has 1 aromatic carbocycles. The van der Waals surface area contributed by atoms with Crippen LogP contribution in [0.25, 0.3) is 0 Å². The molecule has 3 N–H and O–H groups in total. The van der Waals surface area contributed by atoms with Gasteiger partial charge in [0, 0.05) is 4.90 Å². The number of carbonyl (C=O) groups is 2. The Kier molecular flexibility index (Phi) is 4.19. The van der Waals surface area contributed by atoms with Crippen LogP contribution in [0, 0.1) is 0 Å². The molecule has 1 rings (SSSR count). The van der Waals surface area contributed by atoms with Gasteiger partial charge in [-0.25, -0.2) is 0 Å². The fourth-order valence-electron chi connectivity index (χ4n) is 1.15. The summed E-state index contributed by atoms with van der Waals surface area (Å²) >= 11 is 0. The third-order valence-corrected chi connectivity index (χ3v) is 3.16. The zero-order chi connectivity index (χ0) is 12.1. The first kappa shape index (κ1) is 12.4. The van der Waals surface area contributed by atoms with Crippen LogP contribution in [-0.2, 0) is 26.8 Å². The molecule has 0 spiro atoms. The number of hydrogen-bond acceptors (Lipinski definition) is 3. The van der Waals surface area contributed by atoms with Crippen molar-refractivity contribution in [2.24, 2.45) is 5.73 Å². The molecule has 1 amide bonds. The maximum atomic E-state index is 11.5. The van der Waals surface area contributed by atoms with Gasteiger partial charge in [-0.3, -0.25) is 13.8 Å². The number of carboxylic acid groups (broad SMARTS) is 1. The van der Waals surface area contributed by atoms with Crippen LogP contribution in [0.2, 0.25) is 0 Å². The highest BCUT2D eigenvalue weighted by molar-refractivity contribution is 7.85. The zero-order valence-corrected chi connectivity index (χ0v) is 9.20. The molecule has 16 heavy (non-hydrogen) atoms. The van der Waals surface area contributed by atoms with Crippen LogP contribution < -0.4 is 5.73 Å². The first-order chi connectivity index (χ1) is 7.49. The molecule has 0 aromatic heterocycles. The quantitative estimate of drug-likeness (QED) is 0.752. The maximum absolute atomic E-state index is 11.5. The summed E-state index contributed by atoms with van der Waals surface area (Å²) in [5.74, 6) is -1.78. The average molecular weight is 241 g/mol. The number of carboxylic acids is 1. The second-order valence-electron chi connectivity index (χ2n) is 3.17. The Hall–Kier alpha value is -1.69. The number of nitrogens with two attached hydrogens (primary N) is 1. The van der Waals surface area contributed by atoms with Gasteiger partial charge in [0.05, 0.1) is 17.2 Å². The Labute approximate surface area is 94.7 Å². The number of aliphatic carboxylic acids is 1. The minimum atomic E-state index is -1.46. The van der Waals surface area contributed by atoms with E-state index >= 15 is 0 Å². The molecule has 0 fully saturated rings. The second-order valence-corrected chi connectivity index (χ2v) is 4.62. The highest BCUT2D eigenvalue weighted by Crippen LogP contribution is 2.09. The minimum absolute atomic E-state index is 0.0806. The molecular formula is C10H11NO4S. The second kappa shape index (κ2) is 5.41. The molecule has 0 heterocycles. The molecule has 1 unspecified atom stereocenters. The Morgan fingerprint density at radius 1 is 1.25 bits per heavy atom. The van der Waals surface area contributed by atoms with Gasteiger partial charge < -0.3 is 10.8 Å². The lowest BCUT2D eigenvalue weighted by Crippen LogP contribution is -2.19. The first-order valence-corrected chi connectivity index (χ1v) is 5.78. The topological polar surface area (TPSA) is 97.5 Å². The first-order valence-electron chi connectivity index (χ1n) is 4.46. The lowest BCUT2D eigenvalue weighted by Gasteiger charge is -2.01. The SMILES string of the molecule is NC(=O)CS(=O)c1ccc(CC(=O)O)cc1. The molecule has 0 aliphatic heterocycles. The fourth-order valence-corrected chi connectivity index (χ4v) is 2.01. The predicted molar refractivity (Wildman–Crippen MR) is 58.3 cm³/mol. The zero-order valence-electron chi connectivity index (χ0n) is 8.38. The van der Waals surface area contributed by atoms with Gasteiger partial charge in [0.25, 0.3) is 0 Å². The van der Waals surface area contributed by atoms with E-state index in [9.17, 15) is 13.8 Å². The Balaban J connectivity index is 2.74. The lowest BCUT2D eigenvalue weighted by atomic mass is 10.2. The summed E-state index contributed by atoms with van der Waals surface area (Å²) in [7, 11) is -1.46. The van der Waals surface area contributed by atoms with Crippen molar-refractivity contribution in [3.05, 3.63) is 29.8 Å². The van der Waals surface area contributed by atoms with E-state index in [0.29, 0.717) is 10.5 Å². The largest absolute Gasteiger partial charge is 0.481 e. The third kappa shape index (κ3) is 3.82. The molecule has 6 heteroatoms. The summed E-state index contributed by atoms with van der Waals surface area (Å²) in [6.45, 7) is 0. The molecule has 0 aliphatic carbocycles.